The molecule has 17 heteroatoms. The van der Waals surface area contributed by atoms with Gasteiger partial charge in [0.25, 0.3) is 0 Å². The number of rotatable bonds is 13. The lowest BCUT2D eigenvalue weighted by atomic mass is 9.96. The Bertz CT molecular complexity index is 2170. The summed E-state index contributed by atoms with van der Waals surface area (Å²) in [7, 11) is 5.57. The molecular formula is C45H57N9O8. The van der Waals surface area contributed by atoms with E-state index in [2.05, 4.69) is 51.8 Å². The van der Waals surface area contributed by atoms with E-state index in [1.807, 2.05) is 29.1 Å². The Morgan fingerprint density at radius 3 is 1.60 bits per heavy atom. The van der Waals surface area contributed by atoms with E-state index in [0.29, 0.717) is 5.82 Å². The summed E-state index contributed by atoms with van der Waals surface area (Å²) in [6.45, 7) is 7.62. The van der Waals surface area contributed by atoms with Gasteiger partial charge in [0.2, 0.25) is 11.8 Å². The highest BCUT2D eigenvalue weighted by Crippen LogP contribution is 2.51. The number of H-pyrrole nitrogens is 2. The van der Waals surface area contributed by atoms with Crippen molar-refractivity contribution in [3.63, 3.8) is 0 Å². The maximum Gasteiger partial charge on any atom is 0.407 e. The summed E-state index contributed by atoms with van der Waals surface area (Å²) in [5.41, 5.74) is 7.37. The van der Waals surface area contributed by atoms with Gasteiger partial charge in [-0.3, -0.25) is 14.6 Å². The molecule has 2 aliphatic carbocycles. The average Bonchev–Trinajstić information content (AvgIpc) is 4.16. The molecule has 5 heterocycles. The SMILES string of the molecule is COC(=O)NC(C(=O)N1[C@@H]2CC[C@H](C2)[C@H]1c1ncc(-c2cnc(-c3ccc(-c4cnc([C@@H]5[C@@H]6CC[C@H](C6)N5C(=O)[C@H](NC(=O)OC)[C@@H](C)OC)[nH]4)cc3C)c(C)c2)[nH]1)[C@@H](C)OC. The topological polar surface area (TPSA) is 206 Å². The van der Waals surface area contributed by atoms with Crippen molar-refractivity contribution in [2.75, 3.05) is 28.4 Å². The molecule has 10 atom stereocenters. The zero-order valence-corrected chi connectivity index (χ0v) is 36.6. The standard InChI is InChI=1S/C45H57N9O8/c1-22-15-26(33-20-47-40(49-33)38-27-9-12-30(17-27)53(38)42(55)36(24(3)59-5)51-44(57)61-7)11-14-32(22)35-23(2)16-29(19-46-35)34-21-48-41(50-34)39-28-10-13-31(18-28)54(39)43(56)37(25(4)60-6)52-45(58)62-8/h11,14-16,19-21,24-25,27-28,30-31,36-39H,9-10,12-13,17-18H2,1-8H3,(H,47,49)(H,48,50)(H,51,57)(H,52,58)/t24-,25-,27-,28-,30-,31-,36-,37?,38+,39+/m1/s1. The lowest BCUT2D eigenvalue weighted by molar-refractivity contribution is -0.142. The molecule has 2 aliphatic heterocycles. The predicted octanol–water partition coefficient (Wildman–Crippen LogP) is 5.77. The number of nitrogens with one attached hydrogen (secondary N) is 4. The second-order valence-electron chi connectivity index (χ2n) is 17.2. The minimum Gasteiger partial charge on any atom is -0.453 e. The summed E-state index contributed by atoms with van der Waals surface area (Å²) in [5.74, 6) is 1.51. The zero-order chi connectivity index (χ0) is 44.0. The van der Waals surface area contributed by atoms with E-state index >= 15 is 0 Å². The summed E-state index contributed by atoms with van der Waals surface area (Å²) in [4.78, 5) is 78.0. The molecule has 0 spiro atoms. The first kappa shape index (κ1) is 42.9. The van der Waals surface area contributed by atoms with Crippen LogP contribution < -0.4 is 10.6 Å². The number of amides is 4. The van der Waals surface area contributed by atoms with Crippen LogP contribution in [0.5, 0.6) is 0 Å². The fraction of sp³-hybridized carbons (Fsp3) is 0.533. The molecule has 4 aliphatic rings. The summed E-state index contributed by atoms with van der Waals surface area (Å²) in [5, 5.41) is 5.37. The summed E-state index contributed by atoms with van der Waals surface area (Å²) in [6, 6.07) is 6.12. The lowest BCUT2D eigenvalue weighted by Crippen LogP contribution is -2.56. The highest BCUT2D eigenvalue weighted by molar-refractivity contribution is 5.88. The molecule has 4 fully saturated rings. The molecule has 62 heavy (non-hydrogen) atoms. The number of hydrogen-bond donors (Lipinski definition) is 4. The number of piperidine rings is 2. The molecule has 2 saturated carbocycles. The van der Waals surface area contributed by atoms with Crippen LogP contribution in [-0.4, -0.2) is 124 Å². The Kier molecular flexibility index (Phi) is 12.1. The second kappa shape index (κ2) is 17.5. The number of likely N-dealkylation sites (tertiary alicyclic amines) is 2. The second-order valence-corrected chi connectivity index (χ2v) is 17.2. The fourth-order valence-electron chi connectivity index (χ4n) is 10.4. The fourth-order valence-corrected chi connectivity index (χ4v) is 10.4. The van der Waals surface area contributed by atoms with Crippen LogP contribution in [0.1, 0.15) is 87.2 Å². The van der Waals surface area contributed by atoms with E-state index in [0.717, 1.165) is 89.2 Å². The molecular weight excluding hydrogens is 795 g/mol. The first-order valence-corrected chi connectivity index (χ1v) is 21.4. The number of alkyl carbamates (subject to hydrolysis) is 2. The Morgan fingerprint density at radius 1 is 0.661 bits per heavy atom. The van der Waals surface area contributed by atoms with Gasteiger partial charge in [0.05, 0.1) is 68.0 Å². The number of hydrogen-bond acceptors (Lipinski definition) is 11. The molecule has 2 saturated heterocycles. The Balaban J connectivity index is 0.992. The molecule has 3 aromatic heterocycles. The van der Waals surface area contributed by atoms with Gasteiger partial charge in [0, 0.05) is 43.6 Å². The number of carbonyl (C=O) groups is 4. The van der Waals surface area contributed by atoms with Gasteiger partial charge in [-0.2, -0.15) is 0 Å². The predicted molar refractivity (Wildman–Crippen MR) is 227 cm³/mol. The Morgan fingerprint density at radius 2 is 1.15 bits per heavy atom. The number of imidazole rings is 2. The van der Waals surface area contributed by atoms with Gasteiger partial charge in [-0.25, -0.2) is 19.6 Å². The number of aromatic amines is 2. The van der Waals surface area contributed by atoms with E-state index in [9.17, 15) is 19.2 Å². The number of fused-ring (bicyclic) bond motifs is 4. The molecule has 1 unspecified atom stereocenters. The maximum atomic E-state index is 14.1. The largest absolute Gasteiger partial charge is 0.453 e. The Hall–Kier alpha value is -5.81. The van der Waals surface area contributed by atoms with Crippen LogP contribution in [0.4, 0.5) is 9.59 Å². The van der Waals surface area contributed by atoms with Gasteiger partial charge in [-0.05, 0) is 107 Å². The van der Waals surface area contributed by atoms with Crippen molar-refractivity contribution in [1.82, 2.24) is 45.4 Å². The quantitative estimate of drug-likeness (QED) is 0.127. The maximum absolute atomic E-state index is 14.1. The lowest BCUT2D eigenvalue weighted by Gasteiger charge is -2.37. The number of ether oxygens (including phenoxy) is 4. The van der Waals surface area contributed by atoms with Crippen molar-refractivity contribution in [3.05, 3.63) is 65.6 Å². The number of benzene rings is 1. The van der Waals surface area contributed by atoms with Gasteiger partial charge in [0.15, 0.2) is 0 Å². The molecule has 4 amide bonds. The van der Waals surface area contributed by atoms with Gasteiger partial charge in [-0.1, -0.05) is 12.1 Å². The molecule has 17 nitrogen and oxygen atoms in total. The average molecular weight is 852 g/mol. The van der Waals surface area contributed by atoms with Crippen molar-refractivity contribution in [3.8, 4) is 33.8 Å². The third-order valence-electron chi connectivity index (χ3n) is 13.7. The molecule has 4 N–H and O–H groups in total. The van der Waals surface area contributed by atoms with E-state index in [1.54, 1.807) is 20.0 Å². The minimum absolute atomic E-state index is 0.0511. The molecule has 0 radical (unpaired) electrons. The van der Waals surface area contributed by atoms with E-state index in [1.165, 1.54) is 28.4 Å². The van der Waals surface area contributed by atoms with Crippen molar-refractivity contribution in [1.29, 1.82) is 0 Å². The zero-order valence-electron chi connectivity index (χ0n) is 36.6. The minimum atomic E-state index is -0.907. The third-order valence-corrected chi connectivity index (χ3v) is 13.7. The van der Waals surface area contributed by atoms with Crippen molar-refractivity contribution in [2.24, 2.45) is 11.8 Å². The first-order chi connectivity index (χ1) is 29.8. The highest BCUT2D eigenvalue weighted by Gasteiger charge is 2.53. The smallest absolute Gasteiger partial charge is 0.407 e. The summed E-state index contributed by atoms with van der Waals surface area (Å²) in [6.07, 6.45) is 8.51. The molecule has 4 aromatic rings. The summed E-state index contributed by atoms with van der Waals surface area (Å²) < 4.78 is 20.6. The normalized spacial score (nSPS) is 24.5. The molecule has 8 rings (SSSR count). The van der Waals surface area contributed by atoms with Crippen LogP contribution in [-0.2, 0) is 28.5 Å². The van der Waals surface area contributed by atoms with Crippen molar-refractivity contribution in [2.45, 2.75) is 115 Å². The van der Waals surface area contributed by atoms with E-state index in [4.69, 9.17) is 33.9 Å². The number of aromatic nitrogens is 5. The molecule has 330 valence electrons. The summed E-state index contributed by atoms with van der Waals surface area (Å²) >= 11 is 0. The highest BCUT2D eigenvalue weighted by atomic mass is 16.5. The number of pyridine rings is 1. The van der Waals surface area contributed by atoms with Crippen LogP contribution in [0.25, 0.3) is 33.8 Å². The van der Waals surface area contributed by atoms with Crippen molar-refractivity contribution >= 4 is 24.0 Å². The number of nitrogens with zero attached hydrogens (tertiary/aromatic N) is 5. The molecule has 1 aromatic carbocycles. The number of methoxy groups -OCH3 is 4. The Labute approximate surface area is 361 Å². The van der Waals surface area contributed by atoms with Crippen LogP contribution in [0, 0.1) is 25.7 Å². The van der Waals surface area contributed by atoms with Crippen LogP contribution in [0.2, 0.25) is 0 Å². The van der Waals surface area contributed by atoms with Crippen LogP contribution >= 0.6 is 0 Å². The number of aryl methyl sites for hydroxylation is 2. The van der Waals surface area contributed by atoms with E-state index < -0.39 is 36.5 Å². The van der Waals surface area contributed by atoms with Crippen molar-refractivity contribution < 1.29 is 38.1 Å². The number of carbonyl (C=O) groups excluding carboxylic acids is 4. The van der Waals surface area contributed by atoms with Gasteiger partial charge in [0.1, 0.15) is 23.7 Å². The van der Waals surface area contributed by atoms with Gasteiger partial charge in [-0.15, -0.1) is 0 Å². The first-order valence-electron chi connectivity index (χ1n) is 21.4. The molecule has 4 bridgehead atoms. The monoisotopic (exact) mass is 851 g/mol. The van der Waals surface area contributed by atoms with Gasteiger partial charge >= 0.3 is 12.2 Å². The third kappa shape index (κ3) is 7.80. The van der Waals surface area contributed by atoms with Crippen LogP contribution in [0.15, 0.2) is 42.9 Å². The van der Waals surface area contributed by atoms with Gasteiger partial charge < -0.3 is 49.3 Å². The van der Waals surface area contributed by atoms with E-state index in [-0.39, 0.29) is 47.8 Å². The van der Waals surface area contributed by atoms with Crippen LogP contribution in [0.3, 0.4) is 0 Å².